The van der Waals surface area contributed by atoms with Gasteiger partial charge in [0.25, 0.3) is 0 Å². The van der Waals surface area contributed by atoms with Crippen molar-refractivity contribution in [1.82, 2.24) is 0 Å². The zero-order valence-corrected chi connectivity index (χ0v) is 18.4. The van der Waals surface area contributed by atoms with Crippen LogP contribution in [0.3, 0.4) is 0 Å². The van der Waals surface area contributed by atoms with Crippen LogP contribution in [0.1, 0.15) is 58.8 Å². The molecule has 0 spiro atoms. The molecular weight excluding hydrogens is 403 g/mol. The van der Waals surface area contributed by atoms with E-state index in [9.17, 15) is 0 Å². The van der Waals surface area contributed by atoms with E-state index in [-0.39, 0.29) is 5.38 Å². The highest BCUT2D eigenvalue weighted by atomic mass is 35.5. The minimum absolute atomic E-state index is 0.267. The van der Waals surface area contributed by atoms with Crippen molar-refractivity contribution < 1.29 is 9.47 Å². The van der Waals surface area contributed by atoms with E-state index in [0.29, 0.717) is 10.8 Å². The Morgan fingerprint density at radius 1 is 0.926 bits per heavy atom. The molecule has 150 valence electrons. The maximum Gasteiger partial charge on any atom is 0.188 e. The van der Waals surface area contributed by atoms with Crippen molar-refractivity contribution in [1.29, 1.82) is 0 Å². The van der Waals surface area contributed by atoms with Gasteiger partial charge >= 0.3 is 0 Å². The fraction of sp³-hybridized carbons (Fsp3) is 0.545. The monoisotopic (exact) mass is 430 g/mol. The van der Waals surface area contributed by atoms with Crippen LogP contribution >= 0.6 is 34.8 Å². The molecule has 0 saturated carbocycles. The Morgan fingerprint density at radius 2 is 1.67 bits per heavy atom. The largest absolute Gasteiger partial charge is 0.494 e. The minimum Gasteiger partial charge on any atom is -0.494 e. The van der Waals surface area contributed by atoms with Gasteiger partial charge in [0.1, 0.15) is 11.5 Å². The highest BCUT2D eigenvalue weighted by Crippen LogP contribution is 2.36. The zero-order chi connectivity index (χ0) is 19.6. The second kappa shape index (κ2) is 11.9. The number of halogens is 3. The topological polar surface area (TPSA) is 18.5 Å². The number of ether oxygens (including phenoxy) is 2. The van der Waals surface area contributed by atoms with Gasteiger partial charge < -0.3 is 9.47 Å². The average Bonchev–Trinajstić information content (AvgIpc) is 2.68. The maximum absolute atomic E-state index is 6.51. The number of hydrogen-bond acceptors (Lipinski definition) is 2. The Labute approximate surface area is 178 Å². The highest BCUT2D eigenvalue weighted by molar-refractivity contribution is 6.37. The summed E-state index contributed by atoms with van der Waals surface area (Å²) >= 11 is 18.8. The van der Waals surface area contributed by atoms with E-state index in [0.717, 1.165) is 36.0 Å². The SMILES string of the molecule is CCCCCCCCOc1ccc2c(Cl)c(OC(Cl)C(Cl)CC)ccc2c1. The van der Waals surface area contributed by atoms with Gasteiger partial charge in [-0.2, -0.15) is 0 Å². The van der Waals surface area contributed by atoms with Crippen LogP contribution in [0.2, 0.25) is 5.02 Å². The molecule has 0 saturated heterocycles. The fourth-order valence-electron chi connectivity index (χ4n) is 2.88. The molecule has 0 fully saturated rings. The van der Waals surface area contributed by atoms with Crippen molar-refractivity contribution in [3.63, 3.8) is 0 Å². The Balaban J connectivity index is 1.95. The molecule has 27 heavy (non-hydrogen) atoms. The molecule has 2 nitrogen and oxygen atoms in total. The molecule has 0 amide bonds. The molecule has 0 aromatic heterocycles. The van der Waals surface area contributed by atoms with Crippen LogP contribution in [0.15, 0.2) is 30.3 Å². The molecule has 2 atom stereocenters. The lowest BCUT2D eigenvalue weighted by molar-refractivity contribution is 0.273. The van der Waals surface area contributed by atoms with Crippen molar-refractivity contribution in [3.8, 4) is 11.5 Å². The summed E-state index contributed by atoms with van der Waals surface area (Å²) in [5, 5.41) is 2.20. The Hall–Kier alpha value is -0.830. The number of unbranched alkanes of at least 4 members (excludes halogenated alkanes) is 5. The number of fused-ring (bicyclic) bond motifs is 1. The van der Waals surface area contributed by atoms with Gasteiger partial charge in [0.05, 0.1) is 17.0 Å². The van der Waals surface area contributed by atoms with Gasteiger partial charge in [-0.25, -0.2) is 0 Å². The first-order valence-electron chi connectivity index (χ1n) is 9.86. The molecule has 0 aliphatic carbocycles. The van der Waals surface area contributed by atoms with Gasteiger partial charge in [0, 0.05) is 5.39 Å². The molecular formula is C22H29Cl3O2. The lowest BCUT2D eigenvalue weighted by Gasteiger charge is -2.18. The molecule has 0 bridgehead atoms. The molecule has 2 aromatic rings. The van der Waals surface area contributed by atoms with Crippen LogP contribution in [0.25, 0.3) is 10.8 Å². The normalized spacial score (nSPS) is 13.5. The first kappa shape index (κ1) is 22.5. The molecule has 0 heterocycles. The van der Waals surface area contributed by atoms with Crippen LogP contribution in [0, 0.1) is 0 Å². The summed E-state index contributed by atoms with van der Waals surface area (Å²) in [4.78, 5) is 0. The summed E-state index contributed by atoms with van der Waals surface area (Å²) in [5.74, 6) is 1.41. The quantitative estimate of drug-likeness (QED) is 0.249. The van der Waals surface area contributed by atoms with Crippen LogP contribution in [-0.2, 0) is 0 Å². The zero-order valence-electron chi connectivity index (χ0n) is 16.1. The summed E-state index contributed by atoms with van der Waals surface area (Å²) in [6, 6.07) is 9.71. The van der Waals surface area contributed by atoms with Crippen LogP contribution in [0.5, 0.6) is 11.5 Å². The molecule has 5 heteroatoms. The van der Waals surface area contributed by atoms with Crippen molar-refractivity contribution >= 4 is 45.6 Å². The van der Waals surface area contributed by atoms with Crippen molar-refractivity contribution in [2.45, 2.75) is 69.7 Å². The van der Waals surface area contributed by atoms with Gasteiger partial charge in [0.2, 0.25) is 0 Å². The van der Waals surface area contributed by atoms with E-state index in [4.69, 9.17) is 44.3 Å². The van der Waals surface area contributed by atoms with Crippen LogP contribution in [0.4, 0.5) is 0 Å². The second-order valence-electron chi connectivity index (χ2n) is 6.77. The van der Waals surface area contributed by atoms with E-state index < -0.39 is 5.56 Å². The smallest absolute Gasteiger partial charge is 0.188 e. The fourth-order valence-corrected chi connectivity index (χ4v) is 3.49. The molecule has 2 unspecified atom stereocenters. The molecule has 2 aromatic carbocycles. The summed E-state index contributed by atoms with van der Waals surface area (Å²) in [7, 11) is 0. The third kappa shape index (κ3) is 6.93. The lowest BCUT2D eigenvalue weighted by atomic mass is 10.1. The first-order chi connectivity index (χ1) is 13.1. The van der Waals surface area contributed by atoms with Crippen molar-refractivity contribution in [2.75, 3.05) is 6.61 Å². The predicted octanol–water partition coefficient (Wildman–Crippen LogP) is 8.19. The molecule has 0 aliphatic heterocycles. The van der Waals surface area contributed by atoms with E-state index in [1.807, 2.05) is 37.3 Å². The summed E-state index contributed by atoms with van der Waals surface area (Å²) in [5.41, 5.74) is -0.619. The number of rotatable bonds is 12. The van der Waals surface area contributed by atoms with E-state index >= 15 is 0 Å². The molecule has 0 N–H and O–H groups in total. The molecule has 2 rings (SSSR count). The van der Waals surface area contributed by atoms with Gasteiger partial charge in [-0.05, 0) is 42.5 Å². The summed E-state index contributed by atoms with van der Waals surface area (Å²) in [6.07, 6.45) is 8.24. The number of hydrogen-bond donors (Lipinski definition) is 0. The van der Waals surface area contributed by atoms with Gasteiger partial charge in [-0.15, -0.1) is 11.6 Å². The van der Waals surface area contributed by atoms with E-state index in [1.54, 1.807) is 0 Å². The van der Waals surface area contributed by atoms with Gasteiger partial charge in [-0.1, -0.05) is 75.2 Å². The highest BCUT2D eigenvalue weighted by Gasteiger charge is 2.18. The number of benzene rings is 2. The molecule has 0 radical (unpaired) electrons. The van der Waals surface area contributed by atoms with Crippen LogP contribution in [-0.4, -0.2) is 17.5 Å². The van der Waals surface area contributed by atoms with Crippen molar-refractivity contribution in [3.05, 3.63) is 35.4 Å². The average molecular weight is 432 g/mol. The Morgan fingerprint density at radius 3 is 2.41 bits per heavy atom. The van der Waals surface area contributed by atoms with Gasteiger partial charge in [0.15, 0.2) is 5.56 Å². The standard InChI is InChI=1S/C22H29Cl3O2/c1-3-5-6-7-8-9-14-26-17-11-12-18-16(15-17)10-13-20(21(18)24)27-22(25)19(23)4-2/h10-13,15,19,22H,3-9,14H2,1-2H3. The maximum atomic E-state index is 6.51. The third-order valence-corrected chi connectivity index (χ3v) is 6.02. The molecule has 0 aliphatic rings. The predicted molar refractivity (Wildman–Crippen MR) is 118 cm³/mol. The Kier molecular flexibility index (Phi) is 9.89. The second-order valence-corrected chi connectivity index (χ2v) is 8.14. The Bertz CT molecular complexity index is 705. The van der Waals surface area contributed by atoms with E-state index in [2.05, 4.69) is 6.92 Å². The minimum atomic E-state index is -0.619. The third-order valence-electron chi connectivity index (χ3n) is 4.57. The number of alkyl halides is 2. The summed E-state index contributed by atoms with van der Waals surface area (Å²) in [6.45, 7) is 4.94. The van der Waals surface area contributed by atoms with Crippen molar-refractivity contribution in [2.24, 2.45) is 0 Å². The lowest BCUT2D eigenvalue weighted by Crippen LogP contribution is -2.20. The van der Waals surface area contributed by atoms with Gasteiger partial charge in [-0.3, -0.25) is 0 Å². The van der Waals surface area contributed by atoms with E-state index in [1.165, 1.54) is 32.1 Å². The first-order valence-corrected chi connectivity index (χ1v) is 11.1. The summed E-state index contributed by atoms with van der Waals surface area (Å²) < 4.78 is 11.6. The van der Waals surface area contributed by atoms with Crippen LogP contribution < -0.4 is 9.47 Å².